The number of nitrogens with one attached hydrogen (secondary N) is 1. The third kappa shape index (κ3) is 8.50. The van der Waals surface area contributed by atoms with E-state index in [9.17, 15) is 9.59 Å². The fourth-order valence-corrected chi connectivity index (χ4v) is 1.12. The summed E-state index contributed by atoms with van der Waals surface area (Å²) < 4.78 is 9.59. The van der Waals surface area contributed by atoms with Crippen molar-refractivity contribution in [1.29, 1.82) is 0 Å². The number of alkyl carbamates (subject to hydrolysis) is 1. The molecule has 1 amide bonds. The number of amides is 1. The minimum absolute atomic E-state index is 0.216. The summed E-state index contributed by atoms with van der Waals surface area (Å²) in [6.45, 7) is 5.58. The van der Waals surface area contributed by atoms with E-state index >= 15 is 0 Å². The molecule has 0 rings (SSSR count). The van der Waals surface area contributed by atoms with Crippen LogP contribution in [-0.2, 0) is 14.3 Å². The van der Waals surface area contributed by atoms with Gasteiger partial charge in [-0.05, 0) is 27.2 Å². The highest BCUT2D eigenvalue weighted by molar-refractivity contribution is 5.70. The molecule has 6 heteroatoms. The first-order valence-corrected chi connectivity index (χ1v) is 5.55. The van der Waals surface area contributed by atoms with Crippen LogP contribution in [0.25, 0.3) is 0 Å². The Labute approximate surface area is 102 Å². The smallest absolute Gasteiger partial charge is 0.407 e. The Morgan fingerprint density at radius 3 is 2.35 bits per heavy atom. The van der Waals surface area contributed by atoms with Crippen molar-refractivity contribution in [3.8, 4) is 0 Å². The Balaban J connectivity index is 4.04. The van der Waals surface area contributed by atoms with E-state index in [4.69, 9.17) is 10.5 Å². The average Bonchev–Trinajstić information content (AvgIpc) is 2.20. The van der Waals surface area contributed by atoms with Crippen LogP contribution in [0, 0.1) is 0 Å². The quantitative estimate of drug-likeness (QED) is 0.700. The van der Waals surface area contributed by atoms with Gasteiger partial charge in [0.05, 0.1) is 7.11 Å². The molecule has 0 heterocycles. The largest absolute Gasteiger partial charge is 0.469 e. The van der Waals surface area contributed by atoms with E-state index in [1.54, 1.807) is 20.8 Å². The molecule has 100 valence electrons. The lowest BCUT2D eigenvalue weighted by Crippen LogP contribution is -2.43. The number of methoxy groups -OCH3 is 1. The third-order valence-electron chi connectivity index (χ3n) is 1.93. The van der Waals surface area contributed by atoms with Crippen LogP contribution < -0.4 is 11.1 Å². The van der Waals surface area contributed by atoms with Gasteiger partial charge in [-0.15, -0.1) is 0 Å². The Bertz CT molecular complexity index is 261. The maximum atomic E-state index is 11.4. The zero-order valence-corrected chi connectivity index (χ0v) is 10.9. The zero-order valence-electron chi connectivity index (χ0n) is 10.9. The second kappa shape index (κ2) is 7.11. The van der Waals surface area contributed by atoms with Gasteiger partial charge in [-0.2, -0.15) is 0 Å². The molecule has 0 aliphatic heterocycles. The normalized spacial score (nSPS) is 12.8. The van der Waals surface area contributed by atoms with E-state index in [0.29, 0.717) is 6.42 Å². The Morgan fingerprint density at radius 1 is 1.35 bits per heavy atom. The van der Waals surface area contributed by atoms with Crippen molar-refractivity contribution in [2.24, 2.45) is 5.73 Å². The molecule has 1 atom stereocenters. The summed E-state index contributed by atoms with van der Waals surface area (Å²) in [5.74, 6) is -0.325. The summed E-state index contributed by atoms with van der Waals surface area (Å²) in [6, 6.07) is -0.288. The van der Waals surface area contributed by atoms with Crippen LogP contribution in [0.3, 0.4) is 0 Å². The number of rotatable bonds is 5. The van der Waals surface area contributed by atoms with Crippen molar-refractivity contribution in [2.75, 3.05) is 13.7 Å². The number of hydrogen-bond acceptors (Lipinski definition) is 5. The molecule has 0 aromatic carbocycles. The zero-order chi connectivity index (χ0) is 13.5. The van der Waals surface area contributed by atoms with Crippen molar-refractivity contribution >= 4 is 12.1 Å². The summed E-state index contributed by atoms with van der Waals surface area (Å²) in [6.07, 6.45) is 0.120. The summed E-state index contributed by atoms with van der Waals surface area (Å²) in [5.41, 5.74) is 4.94. The van der Waals surface area contributed by atoms with E-state index < -0.39 is 11.7 Å². The van der Waals surface area contributed by atoms with E-state index in [2.05, 4.69) is 10.1 Å². The lowest BCUT2D eigenvalue weighted by Gasteiger charge is -2.22. The molecule has 0 fully saturated rings. The van der Waals surface area contributed by atoms with Crippen molar-refractivity contribution in [3.05, 3.63) is 0 Å². The molecule has 0 bridgehead atoms. The molecule has 0 aliphatic rings. The summed E-state index contributed by atoms with van der Waals surface area (Å²) >= 11 is 0. The predicted octanol–water partition coefficient (Wildman–Crippen LogP) is 0.792. The third-order valence-corrected chi connectivity index (χ3v) is 1.93. The van der Waals surface area contributed by atoms with Crippen LogP contribution in [0.15, 0.2) is 0 Å². The van der Waals surface area contributed by atoms with Gasteiger partial charge in [-0.25, -0.2) is 4.79 Å². The SMILES string of the molecule is COC(=O)CC[C@@H](CN)NC(=O)OC(C)(C)C. The van der Waals surface area contributed by atoms with Gasteiger partial charge < -0.3 is 20.5 Å². The highest BCUT2D eigenvalue weighted by Gasteiger charge is 2.19. The van der Waals surface area contributed by atoms with E-state index in [1.807, 2.05) is 0 Å². The average molecular weight is 246 g/mol. The molecule has 0 radical (unpaired) electrons. The number of ether oxygens (including phenoxy) is 2. The van der Waals surface area contributed by atoms with Gasteiger partial charge in [0.2, 0.25) is 0 Å². The first-order valence-electron chi connectivity index (χ1n) is 5.55. The van der Waals surface area contributed by atoms with Gasteiger partial charge in [-0.3, -0.25) is 4.79 Å². The Morgan fingerprint density at radius 2 is 1.94 bits per heavy atom. The van der Waals surface area contributed by atoms with Crippen molar-refractivity contribution in [2.45, 2.75) is 45.3 Å². The fourth-order valence-electron chi connectivity index (χ4n) is 1.12. The highest BCUT2D eigenvalue weighted by Crippen LogP contribution is 2.07. The summed E-state index contributed by atoms with van der Waals surface area (Å²) in [7, 11) is 1.32. The fraction of sp³-hybridized carbons (Fsp3) is 0.818. The molecule has 3 N–H and O–H groups in total. The van der Waals surface area contributed by atoms with Gasteiger partial charge in [0.1, 0.15) is 5.60 Å². The van der Waals surface area contributed by atoms with E-state index in [1.165, 1.54) is 7.11 Å². The minimum Gasteiger partial charge on any atom is -0.469 e. The monoisotopic (exact) mass is 246 g/mol. The molecule has 0 aromatic heterocycles. The van der Waals surface area contributed by atoms with Crippen LogP contribution in [0.4, 0.5) is 4.79 Å². The van der Waals surface area contributed by atoms with E-state index in [-0.39, 0.29) is 25.0 Å². The molecule has 6 nitrogen and oxygen atoms in total. The predicted molar refractivity (Wildman–Crippen MR) is 63.5 cm³/mol. The van der Waals surface area contributed by atoms with Crippen molar-refractivity contribution in [3.63, 3.8) is 0 Å². The summed E-state index contributed by atoms with van der Waals surface area (Å²) in [4.78, 5) is 22.4. The second-order valence-electron chi connectivity index (χ2n) is 4.69. The lowest BCUT2D eigenvalue weighted by atomic mass is 10.1. The number of carbonyl (C=O) groups is 2. The molecular weight excluding hydrogens is 224 g/mol. The maximum Gasteiger partial charge on any atom is 0.407 e. The van der Waals surface area contributed by atoms with Crippen molar-refractivity contribution in [1.82, 2.24) is 5.32 Å². The molecule has 0 aliphatic carbocycles. The first-order chi connectivity index (χ1) is 7.78. The van der Waals surface area contributed by atoms with Gasteiger partial charge >= 0.3 is 12.1 Å². The maximum absolute atomic E-state index is 11.4. The molecule has 0 unspecified atom stereocenters. The van der Waals surface area contributed by atoms with Gasteiger partial charge in [0, 0.05) is 19.0 Å². The Hall–Kier alpha value is -1.30. The standard InChI is InChI=1S/C11H22N2O4/c1-11(2,3)17-10(15)13-8(7-12)5-6-9(14)16-4/h8H,5-7,12H2,1-4H3,(H,13,15)/t8-/m0/s1. The first kappa shape index (κ1) is 15.7. The number of esters is 1. The second-order valence-corrected chi connectivity index (χ2v) is 4.69. The number of carbonyl (C=O) groups excluding carboxylic acids is 2. The molecular formula is C11H22N2O4. The van der Waals surface area contributed by atoms with E-state index in [0.717, 1.165) is 0 Å². The van der Waals surface area contributed by atoms with Gasteiger partial charge in [0.15, 0.2) is 0 Å². The van der Waals surface area contributed by atoms with Crippen LogP contribution in [0.1, 0.15) is 33.6 Å². The van der Waals surface area contributed by atoms with Crippen LogP contribution in [-0.4, -0.2) is 37.4 Å². The molecule has 0 aromatic rings. The lowest BCUT2D eigenvalue weighted by molar-refractivity contribution is -0.140. The molecule has 17 heavy (non-hydrogen) atoms. The van der Waals surface area contributed by atoms with Crippen molar-refractivity contribution < 1.29 is 19.1 Å². The van der Waals surface area contributed by atoms with Crippen LogP contribution in [0.5, 0.6) is 0 Å². The highest BCUT2D eigenvalue weighted by atomic mass is 16.6. The van der Waals surface area contributed by atoms with Gasteiger partial charge in [0.25, 0.3) is 0 Å². The molecule has 0 spiro atoms. The summed E-state index contributed by atoms with van der Waals surface area (Å²) in [5, 5.41) is 2.61. The molecule has 0 saturated heterocycles. The topological polar surface area (TPSA) is 90.6 Å². The minimum atomic E-state index is -0.550. The van der Waals surface area contributed by atoms with Crippen LogP contribution >= 0.6 is 0 Å². The Kier molecular flexibility index (Phi) is 6.57. The number of hydrogen-bond donors (Lipinski definition) is 2. The molecule has 0 saturated carbocycles. The van der Waals surface area contributed by atoms with Gasteiger partial charge in [-0.1, -0.05) is 0 Å². The van der Waals surface area contributed by atoms with Crippen LogP contribution in [0.2, 0.25) is 0 Å². The number of nitrogens with two attached hydrogens (primary N) is 1.